The maximum Gasteiger partial charge on any atom is 0.420 e. The van der Waals surface area contributed by atoms with Gasteiger partial charge < -0.3 is 4.42 Å². The van der Waals surface area contributed by atoms with Gasteiger partial charge in [-0.1, -0.05) is 23.5 Å². The molecule has 0 amide bonds. The van der Waals surface area contributed by atoms with Crippen LogP contribution in [0.1, 0.15) is 5.01 Å². The van der Waals surface area contributed by atoms with Crippen LogP contribution in [-0.4, -0.2) is 14.8 Å². The number of para-hydroxylation sites is 2. The third-order valence-electron chi connectivity index (χ3n) is 2.46. The van der Waals surface area contributed by atoms with Gasteiger partial charge in [-0.2, -0.15) is 0 Å². The molecular weight excluding hydrogens is 254 g/mol. The molecule has 0 aliphatic carbocycles. The Bertz CT molecular complexity index is 744. The Balaban J connectivity index is 2.04. The highest BCUT2D eigenvalue weighted by molar-refractivity contribution is 7.15. The van der Waals surface area contributed by atoms with Crippen molar-refractivity contribution in [2.45, 2.75) is 6.54 Å². The van der Waals surface area contributed by atoms with Gasteiger partial charge in [-0.15, -0.1) is 10.2 Å². The Morgan fingerprint density at radius 3 is 3.00 bits per heavy atom. The lowest BCUT2D eigenvalue weighted by atomic mass is 10.3. The number of anilines is 1. The first-order chi connectivity index (χ1) is 8.78. The molecule has 0 aliphatic heterocycles. The normalized spacial score (nSPS) is 10.9. The Kier molecular flexibility index (Phi) is 2.58. The first kappa shape index (κ1) is 10.9. The fourth-order valence-corrected chi connectivity index (χ4v) is 2.31. The van der Waals surface area contributed by atoms with Gasteiger partial charge in [-0.3, -0.25) is 9.99 Å². The van der Waals surface area contributed by atoms with Crippen molar-refractivity contribution in [3.8, 4) is 0 Å². The van der Waals surface area contributed by atoms with Crippen molar-refractivity contribution in [3.05, 3.63) is 39.8 Å². The van der Waals surface area contributed by atoms with Gasteiger partial charge in [-0.05, 0) is 12.1 Å². The molecule has 0 spiro atoms. The highest BCUT2D eigenvalue weighted by atomic mass is 32.1. The van der Waals surface area contributed by atoms with E-state index in [9.17, 15) is 4.79 Å². The minimum Gasteiger partial charge on any atom is -0.408 e. The van der Waals surface area contributed by atoms with Crippen LogP contribution in [-0.2, 0) is 6.54 Å². The number of nitrogens with zero attached hydrogens (tertiary/aromatic N) is 3. The van der Waals surface area contributed by atoms with E-state index in [-0.39, 0.29) is 0 Å². The maximum absolute atomic E-state index is 11.7. The number of hydrazine groups is 1. The van der Waals surface area contributed by atoms with Crippen molar-refractivity contribution in [2.75, 3.05) is 5.43 Å². The van der Waals surface area contributed by atoms with Crippen LogP contribution in [0.2, 0.25) is 0 Å². The second-order valence-electron chi connectivity index (χ2n) is 3.57. The van der Waals surface area contributed by atoms with Gasteiger partial charge in [0.2, 0.25) is 5.13 Å². The molecule has 3 aromatic rings. The van der Waals surface area contributed by atoms with E-state index >= 15 is 0 Å². The Morgan fingerprint density at radius 1 is 1.39 bits per heavy atom. The highest BCUT2D eigenvalue weighted by Gasteiger charge is 2.11. The van der Waals surface area contributed by atoms with E-state index in [4.69, 9.17) is 10.3 Å². The summed E-state index contributed by atoms with van der Waals surface area (Å²) >= 11 is 1.29. The van der Waals surface area contributed by atoms with Crippen LogP contribution in [0, 0.1) is 0 Å². The number of nitrogens with two attached hydrogens (primary N) is 1. The number of rotatable bonds is 3. The molecular formula is C10H9N5O2S. The summed E-state index contributed by atoms with van der Waals surface area (Å²) in [4.78, 5) is 11.7. The summed E-state index contributed by atoms with van der Waals surface area (Å²) in [6.45, 7) is 0.315. The lowest BCUT2D eigenvalue weighted by Crippen LogP contribution is -2.14. The zero-order chi connectivity index (χ0) is 12.5. The molecule has 0 atom stereocenters. The van der Waals surface area contributed by atoms with Gasteiger partial charge >= 0.3 is 5.76 Å². The molecule has 0 unspecified atom stereocenters. The fraction of sp³-hybridized carbons (Fsp3) is 0.100. The quantitative estimate of drug-likeness (QED) is 0.535. The van der Waals surface area contributed by atoms with Crippen molar-refractivity contribution < 1.29 is 4.42 Å². The predicted octanol–water partition coefficient (Wildman–Crippen LogP) is 0.780. The molecule has 0 aliphatic rings. The molecule has 0 fully saturated rings. The minimum absolute atomic E-state index is 0.315. The molecule has 3 rings (SSSR count). The predicted molar refractivity (Wildman–Crippen MR) is 67.3 cm³/mol. The largest absolute Gasteiger partial charge is 0.420 e. The number of hydrogen-bond donors (Lipinski definition) is 2. The molecule has 0 radical (unpaired) electrons. The summed E-state index contributed by atoms with van der Waals surface area (Å²) in [5.74, 6) is 4.82. The lowest BCUT2D eigenvalue weighted by molar-refractivity contribution is 0.517. The van der Waals surface area contributed by atoms with Gasteiger partial charge in [-0.25, -0.2) is 10.6 Å². The first-order valence-electron chi connectivity index (χ1n) is 5.15. The van der Waals surface area contributed by atoms with Crippen LogP contribution in [0.5, 0.6) is 0 Å². The van der Waals surface area contributed by atoms with Gasteiger partial charge in [0.1, 0.15) is 5.01 Å². The molecule has 8 heteroatoms. The summed E-state index contributed by atoms with van der Waals surface area (Å²) in [5.41, 5.74) is 3.71. The van der Waals surface area contributed by atoms with Crippen molar-refractivity contribution in [3.63, 3.8) is 0 Å². The maximum atomic E-state index is 11.7. The molecule has 1 aromatic carbocycles. The van der Waals surface area contributed by atoms with E-state index in [1.807, 2.05) is 18.2 Å². The second kappa shape index (κ2) is 4.24. The standard InChI is InChI=1S/C10H9N5O2S/c11-12-9-14-13-8(18-9)5-15-6-3-1-2-4-7(6)17-10(15)16/h1-4H,5,11H2,(H,12,14). The second-order valence-corrected chi connectivity index (χ2v) is 4.63. The average Bonchev–Trinajstić information content (AvgIpc) is 2.96. The molecule has 2 heterocycles. The summed E-state index contributed by atoms with van der Waals surface area (Å²) in [6.07, 6.45) is 0. The average molecular weight is 263 g/mol. The Labute approximate surface area is 105 Å². The first-order valence-corrected chi connectivity index (χ1v) is 5.97. The fourth-order valence-electron chi connectivity index (χ4n) is 1.67. The summed E-state index contributed by atoms with van der Waals surface area (Å²) in [5, 5.41) is 8.93. The number of nitrogens with one attached hydrogen (secondary N) is 1. The van der Waals surface area contributed by atoms with E-state index < -0.39 is 5.76 Å². The Morgan fingerprint density at radius 2 is 2.22 bits per heavy atom. The Hall–Kier alpha value is -2.19. The summed E-state index contributed by atoms with van der Waals surface area (Å²) in [6, 6.07) is 7.24. The van der Waals surface area contributed by atoms with Gasteiger partial charge in [0.25, 0.3) is 0 Å². The zero-order valence-corrected chi connectivity index (χ0v) is 9.98. The number of hydrogen-bond acceptors (Lipinski definition) is 7. The van der Waals surface area contributed by atoms with Gasteiger partial charge in [0, 0.05) is 0 Å². The molecule has 92 valence electrons. The number of fused-ring (bicyclic) bond motifs is 1. The molecule has 3 N–H and O–H groups in total. The van der Waals surface area contributed by atoms with Crippen molar-refractivity contribution in [1.29, 1.82) is 0 Å². The van der Waals surface area contributed by atoms with E-state index in [1.54, 1.807) is 6.07 Å². The lowest BCUT2D eigenvalue weighted by Gasteiger charge is -1.96. The van der Waals surface area contributed by atoms with Gasteiger partial charge in [0.15, 0.2) is 5.58 Å². The van der Waals surface area contributed by atoms with Gasteiger partial charge in [0.05, 0.1) is 12.1 Å². The van der Waals surface area contributed by atoms with E-state index in [2.05, 4.69) is 15.6 Å². The van der Waals surface area contributed by atoms with Crippen LogP contribution in [0.15, 0.2) is 33.5 Å². The van der Waals surface area contributed by atoms with E-state index in [1.165, 1.54) is 15.9 Å². The smallest absolute Gasteiger partial charge is 0.408 e. The van der Waals surface area contributed by atoms with Crippen molar-refractivity contribution >= 4 is 27.6 Å². The molecule has 0 bridgehead atoms. The molecule has 0 saturated carbocycles. The van der Waals surface area contributed by atoms with Crippen molar-refractivity contribution in [1.82, 2.24) is 14.8 Å². The topological polar surface area (TPSA) is 99.0 Å². The van der Waals surface area contributed by atoms with Crippen LogP contribution in [0.3, 0.4) is 0 Å². The van der Waals surface area contributed by atoms with Crippen LogP contribution < -0.4 is 17.0 Å². The SMILES string of the molecule is NNc1nnc(Cn2c(=O)oc3ccccc32)s1. The zero-order valence-electron chi connectivity index (χ0n) is 9.16. The monoisotopic (exact) mass is 263 g/mol. The third-order valence-corrected chi connectivity index (χ3v) is 3.30. The number of oxazole rings is 1. The van der Waals surface area contributed by atoms with E-state index in [0.717, 1.165) is 5.52 Å². The van der Waals surface area contributed by atoms with Crippen molar-refractivity contribution in [2.24, 2.45) is 5.84 Å². The number of aromatic nitrogens is 3. The van der Waals surface area contributed by atoms with E-state index in [0.29, 0.717) is 22.3 Å². The highest BCUT2D eigenvalue weighted by Crippen LogP contribution is 2.17. The number of benzene rings is 1. The summed E-state index contributed by atoms with van der Waals surface area (Å²) in [7, 11) is 0. The number of nitrogen functional groups attached to an aromatic ring is 1. The van der Waals surface area contributed by atoms with Crippen LogP contribution >= 0.6 is 11.3 Å². The molecule has 18 heavy (non-hydrogen) atoms. The minimum atomic E-state index is -0.409. The third kappa shape index (κ3) is 1.77. The van der Waals surface area contributed by atoms with Crippen LogP contribution in [0.4, 0.5) is 5.13 Å². The summed E-state index contributed by atoms with van der Waals surface area (Å²) < 4.78 is 6.64. The van der Waals surface area contributed by atoms with Crippen LogP contribution in [0.25, 0.3) is 11.1 Å². The molecule has 7 nitrogen and oxygen atoms in total. The molecule has 0 saturated heterocycles. The molecule has 2 aromatic heterocycles.